The van der Waals surface area contributed by atoms with E-state index in [-0.39, 0.29) is 18.0 Å². The maximum atomic E-state index is 13.1. The monoisotopic (exact) mass is 304 g/mol. The van der Waals surface area contributed by atoms with Crippen molar-refractivity contribution < 1.29 is 27.8 Å². The molecule has 0 atom stereocenters. The predicted octanol–water partition coefficient (Wildman–Crippen LogP) is 2.46. The first-order chi connectivity index (χ1) is 9.88. The van der Waals surface area contributed by atoms with Crippen LogP contribution in [0, 0.1) is 5.82 Å². The van der Waals surface area contributed by atoms with E-state index < -0.39 is 24.1 Å². The van der Waals surface area contributed by atoms with Crippen LogP contribution in [0.4, 0.5) is 23.7 Å². The van der Waals surface area contributed by atoms with Crippen LogP contribution in [0.3, 0.4) is 0 Å². The number of alkyl halides is 2. The number of aliphatic hydroxyl groups is 1. The zero-order chi connectivity index (χ0) is 15.5. The van der Waals surface area contributed by atoms with E-state index in [9.17, 15) is 23.1 Å². The molecule has 21 heavy (non-hydrogen) atoms. The third kappa shape index (κ3) is 4.25. The minimum Gasteiger partial charge on any atom is -0.433 e. The number of carbonyl (C=O) groups is 1. The zero-order valence-electron chi connectivity index (χ0n) is 11.0. The number of halogens is 3. The number of hydrogen-bond donors (Lipinski definition) is 3. The molecule has 1 aliphatic rings. The summed E-state index contributed by atoms with van der Waals surface area (Å²) in [6, 6.07) is 2.07. The van der Waals surface area contributed by atoms with Crippen LogP contribution in [-0.4, -0.2) is 29.9 Å². The van der Waals surface area contributed by atoms with Crippen molar-refractivity contribution in [1.82, 2.24) is 5.32 Å². The lowest BCUT2D eigenvalue weighted by Gasteiger charge is -2.36. The van der Waals surface area contributed by atoms with Crippen molar-refractivity contribution in [2.24, 2.45) is 0 Å². The second-order valence-corrected chi connectivity index (χ2v) is 4.90. The molecule has 0 heterocycles. The molecule has 116 valence electrons. The second-order valence-electron chi connectivity index (χ2n) is 4.90. The normalized spacial score (nSPS) is 16.2. The van der Waals surface area contributed by atoms with Crippen LogP contribution in [0.2, 0.25) is 0 Å². The van der Waals surface area contributed by atoms with Crippen molar-refractivity contribution in [3.63, 3.8) is 0 Å². The maximum Gasteiger partial charge on any atom is 0.387 e. The van der Waals surface area contributed by atoms with Gasteiger partial charge < -0.3 is 20.5 Å². The molecule has 0 saturated heterocycles. The average Bonchev–Trinajstić information content (AvgIpc) is 2.37. The molecule has 0 aromatic heterocycles. The van der Waals surface area contributed by atoms with Gasteiger partial charge in [0.15, 0.2) is 0 Å². The number of benzene rings is 1. The average molecular weight is 304 g/mol. The van der Waals surface area contributed by atoms with E-state index in [0.717, 1.165) is 24.6 Å². The summed E-state index contributed by atoms with van der Waals surface area (Å²) >= 11 is 0. The number of carbonyl (C=O) groups excluding carboxylic acids is 1. The summed E-state index contributed by atoms with van der Waals surface area (Å²) in [7, 11) is 0. The highest BCUT2D eigenvalue weighted by atomic mass is 19.3. The molecule has 8 heteroatoms. The van der Waals surface area contributed by atoms with Crippen LogP contribution in [0.25, 0.3) is 0 Å². The highest BCUT2D eigenvalue weighted by molar-refractivity contribution is 5.90. The lowest BCUT2D eigenvalue weighted by Crippen LogP contribution is -2.48. The van der Waals surface area contributed by atoms with Gasteiger partial charge in [0.05, 0.1) is 11.3 Å². The van der Waals surface area contributed by atoms with E-state index in [1.54, 1.807) is 0 Å². The molecule has 3 N–H and O–H groups in total. The molecule has 2 rings (SSSR count). The molecule has 0 aliphatic heterocycles. The fourth-order valence-electron chi connectivity index (χ4n) is 1.97. The quantitative estimate of drug-likeness (QED) is 0.782. The Morgan fingerprint density at radius 3 is 2.71 bits per heavy atom. The second kappa shape index (κ2) is 6.21. The van der Waals surface area contributed by atoms with E-state index in [0.29, 0.717) is 12.8 Å². The van der Waals surface area contributed by atoms with Crippen LogP contribution >= 0.6 is 0 Å². The van der Waals surface area contributed by atoms with E-state index in [1.807, 2.05) is 0 Å². The molecule has 0 spiro atoms. The van der Waals surface area contributed by atoms with Gasteiger partial charge in [0, 0.05) is 12.6 Å². The molecule has 1 fully saturated rings. The Hall–Kier alpha value is -1.96. The maximum absolute atomic E-state index is 13.1. The summed E-state index contributed by atoms with van der Waals surface area (Å²) in [4.78, 5) is 11.6. The van der Waals surface area contributed by atoms with E-state index in [4.69, 9.17) is 0 Å². The van der Waals surface area contributed by atoms with Gasteiger partial charge >= 0.3 is 12.6 Å². The summed E-state index contributed by atoms with van der Waals surface area (Å²) in [6.45, 7) is -3.05. The lowest BCUT2D eigenvalue weighted by molar-refractivity contribution is -0.0494. The van der Waals surface area contributed by atoms with Gasteiger partial charge in [0.1, 0.15) is 11.6 Å². The Morgan fingerprint density at radius 1 is 1.43 bits per heavy atom. The van der Waals surface area contributed by atoms with Gasteiger partial charge in [-0.3, -0.25) is 0 Å². The van der Waals surface area contributed by atoms with Gasteiger partial charge in [-0.05, 0) is 31.4 Å². The molecule has 1 aliphatic carbocycles. The molecule has 0 unspecified atom stereocenters. The number of anilines is 1. The van der Waals surface area contributed by atoms with Gasteiger partial charge in [-0.25, -0.2) is 9.18 Å². The van der Waals surface area contributed by atoms with Crippen molar-refractivity contribution in [3.8, 4) is 5.75 Å². The number of nitrogens with one attached hydrogen (secondary N) is 2. The molecular formula is C13H15F3N2O3. The topological polar surface area (TPSA) is 70.6 Å². The number of ether oxygens (including phenoxy) is 1. The van der Waals surface area contributed by atoms with Crippen molar-refractivity contribution in [2.75, 3.05) is 11.9 Å². The van der Waals surface area contributed by atoms with Crippen molar-refractivity contribution in [2.45, 2.75) is 31.5 Å². The molecule has 0 radical (unpaired) electrons. The summed E-state index contributed by atoms with van der Waals surface area (Å²) in [5, 5.41) is 14.4. The molecule has 5 nitrogen and oxygen atoms in total. The minimum atomic E-state index is -3.09. The van der Waals surface area contributed by atoms with Gasteiger partial charge in [-0.15, -0.1) is 0 Å². The first-order valence-electron chi connectivity index (χ1n) is 6.40. The first-order valence-corrected chi connectivity index (χ1v) is 6.40. The van der Waals surface area contributed by atoms with Crippen LogP contribution in [0.5, 0.6) is 5.75 Å². The van der Waals surface area contributed by atoms with Crippen molar-refractivity contribution in [3.05, 3.63) is 24.0 Å². The van der Waals surface area contributed by atoms with E-state index in [2.05, 4.69) is 15.4 Å². The summed E-state index contributed by atoms with van der Waals surface area (Å²) < 4.78 is 41.7. The Morgan fingerprint density at radius 2 is 2.14 bits per heavy atom. The zero-order valence-corrected chi connectivity index (χ0v) is 11.0. The van der Waals surface area contributed by atoms with Crippen molar-refractivity contribution in [1.29, 1.82) is 0 Å². The Kier molecular flexibility index (Phi) is 4.56. The highest BCUT2D eigenvalue weighted by Crippen LogP contribution is 2.31. The van der Waals surface area contributed by atoms with Crippen molar-refractivity contribution >= 4 is 11.7 Å². The molecule has 1 saturated carbocycles. The van der Waals surface area contributed by atoms with Gasteiger partial charge in [-0.2, -0.15) is 8.78 Å². The largest absolute Gasteiger partial charge is 0.433 e. The van der Waals surface area contributed by atoms with E-state index in [1.165, 1.54) is 0 Å². The van der Waals surface area contributed by atoms with Gasteiger partial charge in [0.25, 0.3) is 0 Å². The minimum absolute atomic E-state index is 0.0409. The summed E-state index contributed by atoms with van der Waals surface area (Å²) in [5.41, 5.74) is -1.13. The van der Waals surface area contributed by atoms with Crippen LogP contribution in [0.1, 0.15) is 19.3 Å². The fraction of sp³-hybridized carbons (Fsp3) is 0.462. The number of amides is 2. The van der Waals surface area contributed by atoms with Gasteiger partial charge in [-0.1, -0.05) is 0 Å². The molecule has 2 amide bonds. The fourth-order valence-corrected chi connectivity index (χ4v) is 1.97. The van der Waals surface area contributed by atoms with E-state index >= 15 is 0 Å². The number of rotatable bonds is 5. The molecular weight excluding hydrogens is 289 g/mol. The third-order valence-electron chi connectivity index (χ3n) is 3.27. The molecule has 0 bridgehead atoms. The summed E-state index contributed by atoms with van der Waals surface area (Å²) in [6.07, 6.45) is 2.07. The Labute approximate surface area is 119 Å². The lowest BCUT2D eigenvalue weighted by atomic mass is 9.80. The Balaban J connectivity index is 1.97. The van der Waals surface area contributed by atoms with Gasteiger partial charge in [0.2, 0.25) is 0 Å². The first kappa shape index (κ1) is 15.4. The number of urea groups is 1. The van der Waals surface area contributed by atoms with Crippen LogP contribution in [-0.2, 0) is 0 Å². The number of hydrogen-bond acceptors (Lipinski definition) is 3. The highest BCUT2D eigenvalue weighted by Gasteiger charge is 2.34. The Bertz CT molecular complexity index is 521. The smallest absolute Gasteiger partial charge is 0.387 e. The van der Waals surface area contributed by atoms with Crippen LogP contribution in [0.15, 0.2) is 18.2 Å². The third-order valence-corrected chi connectivity index (χ3v) is 3.27. The molecule has 1 aromatic rings. The molecule has 1 aromatic carbocycles. The standard InChI is InChI=1S/C13H15F3N2O3/c14-8-2-3-10(21-11(15)16)9(6-8)18-12(19)17-7-13(20)4-1-5-13/h2-3,6,11,20H,1,4-5,7H2,(H2,17,18,19). The van der Waals surface area contributed by atoms with Crippen LogP contribution < -0.4 is 15.4 Å². The SMILES string of the molecule is O=C(NCC1(O)CCC1)Nc1cc(F)ccc1OC(F)F. The predicted molar refractivity (Wildman–Crippen MR) is 68.9 cm³/mol. The summed E-state index contributed by atoms with van der Waals surface area (Å²) in [5.74, 6) is -1.05.